The zero-order valence-corrected chi connectivity index (χ0v) is 15.9. The van der Waals surface area contributed by atoms with Gasteiger partial charge in [0.25, 0.3) is 0 Å². The van der Waals surface area contributed by atoms with Crippen LogP contribution in [0.4, 0.5) is 0 Å². The molecule has 2 heterocycles. The van der Waals surface area contributed by atoms with E-state index in [-0.39, 0.29) is 12.7 Å². The van der Waals surface area contributed by atoms with Crippen LogP contribution in [-0.4, -0.2) is 51.0 Å². The molecule has 1 N–H and O–H groups in total. The van der Waals surface area contributed by atoms with Gasteiger partial charge in [0.05, 0.1) is 6.54 Å². The van der Waals surface area contributed by atoms with E-state index in [4.69, 9.17) is 18.9 Å². The summed E-state index contributed by atoms with van der Waals surface area (Å²) in [5, 5.41) is 2.97. The minimum atomic E-state index is 0.000728. The largest absolute Gasteiger partial charge is 0.486 e. The Morgan fingerprint density at radius 2 is 1.57 bits per heavy atom. The highest BCUT2D eigenvalue weighted by Crippen LogP contribution is 2.33. The summed E-state index contributed by atoms with van der Waals surface area (Å²) >= 11 is 0. The molecule has 7 heteroatoms. The second-order valence-electron chi connectivity index (χ2n) is 6.94. The van der Waals surface area contributed by atoms with Crippen molar-refractivity contribution in [3.8, 4) is 23.0 Å². The van der Waals surface area contributed by atoms with Gasteiger partial charge in [0.2, 0.25) is 12.7 Å². The molecule has 0 aromatic heterocycles. The molecular formula is C21H24N2O5. The third kappa shape index (κ3) is 4.48. The van der Waals surface area contributed by atoms with Gasteiger partial charge in [-0.2, -0.15) is 0 Å². The first-order valence-electron chi connectivity index (χ1n) is 9.40. The van der Waals surface area contributed by atoms with Crippen molar-refractivity contribution in [1.29, 1.82) is 0 Å². The highest BCUT2D eigenvalue weighted by atomic mass is 16.7. The summed E-state index contributed by atoms with van der Waals surface area (Å²) in [4.78, 5) is 14.2. The highest BCUT2D eigenvalue weighted by Gasteiger charge is 2.15. The lowest BCUT2D eigenvalue weighted by Gasteiger charge is -2.19. The minimum Gasteiger partial charge on any atom is -0.486 e. The molecule has 2 aromatic carbocycles. The van der Waals surface area contributed by atoms with Gasteiger partial charge in [-0.1, -0.05) is 12.1 Å². The average Bonchev–Trinajstić information content (AvgIpc) is 3.15. The standard InChI is InChI=1S/C21H24N2O5/c1-23(12-16-3-5-18-20(11-16)28-14-27-18)13-21(24)22-7-6-15-2-4-17-19(10-15)26-9-8-25-17/h2-5,10-11H,6-9,12-14H2,1H3,(H,22,24). The smallest absolute Gasteiger partial charge is 0.234 e. The lowest BCUT2D eigenvalue weighted by atomic mass is 10.1. The van der Waals surface area contributed by atoms with Gasteiger partial charge in [-0.25, -0.2) is 0 Å². The Morgan fingerprint density at radius 3 is 2.43 bits per heavy atom. The Bertz CT molecular complexity index is 855. The molecule has 0 saturated heterocycles. The van der Waals surface area contributed by atoms with Crippen LogP contribution in [0.1, 0.15) is 11.1 Å². The summed E-state index contributed by atoms with van der Waals surface area (Å²) in [6.45, 7) is 2.99. The number of nitrogens with one attached hydrogen (secondary N) is 1. The van der Waals surface area contributed by atoms with E-state index in [9.17, 15) is 4.79 Å². The van der Waals surface area contributed by atoms with Crippen LogP contribution in [-0.2, 0) is 17.8 Å². The van der Waals surface area contributed by atoms with Crippen molar-refractivity contribution in [1.82, 2.24) is 10.2 Å². The van der Waals surface area contributed by atoms with Gasteiger partial charge in [0.1, 0.15) is 13.2 Å². The molecule has 2 aromatic rings. The molecule has 4 rings (SSSR count). The number of rotatable bonds is 7. The number of amides is 1. The SMILES string of the molecule is CN(CC(=O)NCCc1ccc2c(c1)OCCO2)Cc1ccc2c(c1)OCO2. The van der Waals surface area contributed by atoms with Gasteiger partial charge in [0, 0.05) is 13.1 Å². The zero-order valence-electron chi connectivity index (χ0n) is 15.9. The number of carbonyl (C=O) groups excluding carboxylic acids is 1. The summed E-state index contributed by atoms with van der Waals surface area (Å²) in [6, 6.07) is 11.8. The number of fused-ring (bicyclic) bond motifs is 2. The molecule has 0 atom stereocenters. The maximum absolute atomic E-state index is 12.2. The zero-order chi connectivity index (χ0) is 19.3. The number of nitrogens with zero attached hydrogens (tertiary/aromatic N) is 1. The molecule has 0 saturated carbocycles. The van der Waals surface area contributed by atoms with Gasteiger partial charge in [-0.3, -0.25) is 9.69 Å². The number of hydrogen-bond acceptors (Lipinski definition) is 6. The Morgan fingerprint density at radius 1 is 0.929 bits per heavy atom. The molecule has 0 bridgehead atoms. The van der Waals surface area contributed by atoms with Crippen LogP contribution in [0.25, 0.3) is 0 Å². The molecule has 1 amide bonds. The summed E-state index contributed by atoms with van der Waals surface area (Å²) in [6.07, 6.45) is 0.744. The van der Waals surface area contributed by atoms with Crippen LogP contribution in [0.3, 0.4) is 0 Å². The summed E-state index contributed by atoms with van der Waals surface area (Å²) < 4.78 is 21.8. The Hall–Kier alpha value is -2.93. The molecule has 0 aliphatic carbocycles. The molecule has 148 valence electrons. The maximum atomic E-state index is 12.2. The van der Waals surface area contributed by atoms with Crippen LogP contribution in [0.2, 0.25) is 0 Å². The third-order valence-corrected chi connectivity index (χ3v) is 4.65. The summed E-state index contributed by atoms with van der Waals surface area (Å²) in [5.74, 6) is 3.08. The van der Waals surface area contributed by atoms with E-state index in [1.165, 1.54) is 0 Å². The summed E-state index contributed by atoms with van der Waals surface area (Å²) in [5.41, 5.74) is 2.19. The van der Waals surface area contributed by atoms with Crippen molar-refractivity contribution < 1.29 is 23.7 Å². The van der Waals surface area contributed by atoms with Crippen molar-refractivity contribution in [2.75, 3.05) is 40.1 Å². The monoisotopic (exact) mass is 384 g/mol. The number of hydrogen-bond donors (Lipinski definition) is 1. The molecular weight excluding hydrogens is 360 g/mol. The van der Waals surface area contributed by atoms with E-state index in [0.717, 1.165) is 40.5 Å². The van der Waals surface area contributed by atoms with Crippen LogP contribution in [0.5, 0.6) is 23.0 Å². The fraction of sp³-hybridized carbons (Fsp3) is 0.381. The van der Waals surface area contributed by atoms with Gasteiger partial charge in [-0.05, 0) is 48.9 Å². The third-order valence-electron chi connectivity index (χ3n) is 4.65. The van der Waals surface area contributed by atoms with Crippen molar-refractivity contribution in [3.63, 3.8) is 0 Å². The van der Waals surface area contributed by atoms with E-state index < -0.39 is 0 Å². The Kier molecular flexibility index (Phi) is 5.53. The predicted octanol–water partition coefficient (Wildman–Crippen LogP) is 1.98. The first kappa shape index (κ1) is 18.4. The second-order valence-corrected chi connectivity index (χ2v) is 6.94. The van der Waals surface area contributed by atoms with Gasteiger partial charge in [0.15, 0.2) is 23.0 Å². The first-order chi connectivity index (χ1) is 13.7. The van der Waals surface area contributed by atoms with Gasteiger partial charge in [-0.15, -0.1) is 0 Å². The molecule has 28 heavy (non-hydrogen) atoms. The lowest BCUT2D eigenvalue weighted by Crippen LogP contribution is -2.35. The number of benzene rings is 2. The molecule has 2 aliphatic heterocycles. The van der Waals surface area contributed by atoms with Gasteiger partial charge < -0.3 is 24.3 Å². The number of ether oxygens (including phenoxy) is 4. The molecule has 7 nitrogen and oxygen atoms in total. The first-order valence-corrected chi connectivity index (χ1v) is 9.40. The van der Waals surface area contributed by atoms with Crippen molar-refractivity contribution in [2.45, 2.75) is 13.0 Å². The van der Waals surface area contributed by atoms with Crippen LogP contribution in [0.15, 0.2) is 36.4 Å². The van der Waals surface area contributed by atoms with E-state index in [1.807, 2.05) is 48.3 Å². The topological polar surface area (TPSA) is 69.3 Å². The van der Waals surface area contributed by atoms with Crippen LogP contribution < -0.4 is 24.3 Å². The lowest BCUT2D eigenvalue weighted by molar-refractivity contribution is -0.122. The maximum Gasteiger partial charge on any atom is 0.234 e. The molecule has 0 unspecified atom stereocenters. The van der Waals surface area contributed by atoms with Crippen molar-refractivity contribution in [2.24, 2.45) is 0 Å². The molecule has 0 fully saturated rings. The minimum absolute atomic E-state index is 0.000728. The number of likely N-dealkylation sites (N-methyl/N-ethyl adjacent to an activating group) is 1. The van der Waals surface area contributed by atoms with Gasteiger partial charge >= 0.3 is 0 Å². The fourth-order valence-corrected chi connectivity index (χ4v) is 3.30. The van der Waals surface area contributed by atoms with E-state index in [2.05, 4.69) is 5.32 Å². The Labute approximate surface area is 164 Å². The van der Waals surface area contributed by atoms with E-state index in [0.29, 0.717) is 32.8 Å². The molecule has 0 radical (unpaired) electrons. The highest BCUT2D eigenvalue weighted by molar-refractivity contribution is 5.78. The number of carbonyl (C=O) groups is 1. The van der Waals surface area contributed by atoms with E-state index in [1.54, 1.807) is 0 Å². The normalized spacial score (nSPS) is 14.2. The summed E-state index contributed by atoms with van der Waals surface area (Å²) in [7, 11) is 1.92. The average molecular weight is 384 g/mol. The van der Waals surface area contributed by atoms with Crippen molar-refractivity contribution in [3.05, 3.63) is 47.5 Å². The Balaban J connectivity index is 1.21. The van der Waals surface area contributed by atoms with Crippen LogP contribution >= 0.6 is 0 Å². The predicted molar refractivity (Wildman–Crippen MR) is 103 cm³/mol. The fourth-order valence-electron chi connectivity index (χ4n) is 3.30. The van der Waals surface area contributed by atoms with Crippen molar-refractivity contribution >= 4 is 5.91 Å². The van der Waals surface area contributed by atoms with E-state index >= 15 is 0 Å². The van der Waals surface area contributed by atoms with Crippen LogP contribution in [0, 0.1) is 0 Å². The molecule has 2 aliphatic rings. The molecule has 0 spiro atoms. The second kappa shape index (κ2) is 8.39. The quantitative estimate of drug-likeness (QED) is 0.787.